The number of aliphatic hydroxyl groups is 2. The van der Waals surface area contributed by atoms with Crippen LogP contribution in [0.3, 0.4) is 0 Å². The zero-order chi connectivity index (χ0) is 28.2. The lowest BCUT2D eigenvalue weighted by Gasteiger charge is -2.35. The van der Waals surface area contributed by atoms with Crippen LogP contribution < -0.4 is 10.6 Å². The summed E-state index contributed by atoms with van der Waals surface area (Å²) in [4.78, 5) is 32.1. The van der Waals surface area contributed by atoms with Crippen LogP contribution in [0.25, 0.3) is 0 Å². The van der Waals surface area contributed by atoms with Crippen LogP contribution in [0.2, 0.25) is 0 Å². The number of fused-ring (bicyclic) bond motifs is 2. The molecule has 10 heteroatoms. The number of benzene rings is 2. The van der Waals surface area contributed by atoms with Gasteiger partial charge in [-0.3, -0.25) is 19.4 Å². The van der Waals surface area contributed by atoms with E-state index in [1.54, 1.807) is 12.1 Å². The molecule has 2 heterocycles. The van der Waals surface area contributed by atoms with Crippen LogP contribution in [0.4, 0.5) is 11.4 Å². The Kier molecular flexibility index (Phi) is 8.90. The number of hydrogen-bond donors (Lipinski definition) is 6. The van der Waals surface area contributed by atoms with Crippen molar-refractivity contribution in [1.82, 2.24) is 9.80 Å². The topological polar surface area (TPSA) is 146 Å². The van der Waals surface area contributed by atoms with Gasteiger partial charge >= 0.3 is 0 Å². The van der Waals surface area contributed by atoms with E-state index in [4.69, 9.17) is 0 Å². The van der Waals surface area contributed by atoms with Crippen molar-refractivity contribution in [3.8, 4) is 11.5 Å². The van der Waals surface area contributed by atoms with Crippen molar-refractivity contribution >= 4 is 22.9 Å². The van der Waals surface area contributed by atoms with E-state index in [1.807, 2.05) is 0 Å². The summed E-state index contributed by atoms with van der Waals surface area (Å²) < 4.78 is 0. The van der Waals surface area contributed by atoms with E-state index in [-0.39, 0.29) is 59.1 Å². The van der Waals surface area contributed by atoms with E-state index in [0.29, 0.717) is 37.6 Å². The molecule has 0 amide bonds. The highest BCUT2D eigenvalue weighted by Gasteiger charge is 2.38. The molecule has 2 aromatic carbocycles. The number of aromatic hydroxyl groups is 2. The van der Waals surface area contributed by atoms with Gasteiger partial charge in [0.05, 0.1) is 35.5 Å². The van der Waals surface area contributed by atoms with Gasteiger partial charge in [-0.2, -0.15) is 0 Å². The predicted molar refractivity (Wildman–Crippen MR) is 153 cm³/mol. The minimum atomic E-state index is -0.522. The second-order valence-electron chi connectivity index (χ2n) is 11.0. The SMILES string of the molecule is O=C1c2c(O)ccc(O)c2C(=O)c2c(NCCN3CCCCC3CO)ccc(NCCN3CCCCC3CO)c21. The Morgan fingerprint density at radius 2 is 1.07 bits per heavy atom. The minimum absolute atomic E-state index is 0.110. The largest absolute Gasteiger partial charge is 0.507 e. The number of likely N-dealkylation sites (tertiary alicyclic amines) is 2. The van der Waals surface area contributed by atoms with Crippen LogP contribution in [-0.4, -0.2) is 106 Å². The van der Waals surface area contributed by atoms with Gasteiger partial charge in [0, 0.05) is 49.6 Å². The Morgan fingerprint density at radius 1 is 0.650 bits per heavy atom. The summed E-state index contributed by atoms with van der Waals surface area (Å²) >= 11 is 0. The molecule has 3 aliphatic rings. The van der Waals surface area contributed by atoms with Crippen molar-refractivity contribution in [2.24, 2.45) is 0 Å². The molecule has 40 heavy (non-hydrogen) atoms. The first-order valence-corrected chi connectivity index (χ1v) is 14.4. The molecule has 2 saturated heterocycles. The summed E-state index contributed by atoms with van der Waals surface area (Å²) in [5.74, 6) is -1.74. The first kappa shape index (κ1) is 28.4. The Balaban J connectivity index is 1.41. The first-order valence-electron chi connectivity index (χ1n) is 14.4. The monoisotopic (exact) mass is 552 g/mol. The van der Waals surface area contributed by atoms with E-state index >= 15 is 0 Å². The molecule has 2 aliphatic heterocycles. The van der Waals surface area contributed by atoms with E-state index in [1.165, 1.54) is 12.1 Å². The molecule has 1 aliphatic carbocycles. The normalized spacial score (nSPS) is 21.6. The Bertz CT molecular complexity index is 1160. The number of rotatable bonds is 10. The van der Waals surface area contributed by atoms with Crippen molar-refractivity contribution in [2.45, 2.75) is 50.6 Å². The second kappa shape index (κ2) is 12.6. The van der Waals surface area contributed by atoms with Crippen molar-refractivity contribution in [3.63, 3.8) is 0 Å². The molecule has 2 fully saturated rings. The fraction of sp³-hybridized carbons (Fsp3) is 0.533. The zero-order valence-electron chi connectivity index (χ0n) is 22.9. The molecule has 2 atom stereocenters. The van der Waals surface area contributed by atoms with E-state index < -0.39 is 11.6 Å². The molecule has 216 valence electrons. The van der Waals surface area contributed by atoms with Gasteiger partial charge in [0.1, 0.15) is 11.5 Å². The summed E-state index contributed by atoms with van der Waals surface area (Å²) in [6.07, 6.45) is 6.26. The zero-order valence-corrected chi connectivity index (χ0v) is 22.9. The molecule has 0 spiro atoms. The minimum Gasteiger partial charge on any atom is -0.507 e. The number of anilines is 2. The van der Waals surface area contributed by atoms with Gasteiger partial charge in [-0.1, -0.05) is 12.8 Å². The van der Waals surface area contributed by atoms with Gasteiger partial charge in [0.25, 0.3) is 0 Å². The van der Waals surface area contributed by atoms with Gasteiger partial charge < -0.3 is 31.1 Å². The van der Waals surface area contributed by atoms with Gasteiger partial charge in [-0.15, -0.1) is 0 Å². The average molecular weight is 553 g/mol. The number of nitrogens with zero attached hydrogens (tertiary/aromatic N) is 2. The number of ketones is 2. The third kappa shape index (κ3) is 5.54. The molecule has 0 radical (unpaired) electrons. The lowest BCUT2D eigenvalue weighted by atomic mass is 9.81. The number of phenolic OH excluding ortho intramolecular Hbond substituents is 2. The Labute approximate surface area is 234 Å². The maximum atomic E-state index is 13.8. The van der Waals surface area contributed by atoms with Gasteiger partial charge in [0.15, 0.2) is 0 Å². The van der Waals surface area contributed by atoms with Crippen molar-refractivity contribution in [1.29, 1.82) is 0 Å². The van der Waals surface area contributed by atoms with Crippen LogP contribution in [0.5, 0.6) is 11.5 Å². The highest BCUT2D eigenvalue weighted by molar-refractivity contribution is 6.33. The first-order chi connectivity index (χ1) is 19.4. The number of carbonyl (C=O) groups excluding carboxylic acids is 2. The van der Waals surface area contributed by atoms with Crippen molar-refractivity contribution < 1.29 is 30.0 Å². The number of nitrogens with one attached hydrogen (secondary N) is 2. The Hall–Kier alpha value is -3.18. The molecule has 2 unspecified atom stereocenters. The highest BCUT2D eigenvalue weighted by Crippen LogP contribution is 2.42. The molecule has 10 nitrogen and oxygen atoms in total. The second-order valence-corrected chi connectivity index (χ2v) is 11.0. The molecular weight excluding hydrogens is 512 g/mol. The van der Waals surface area contributed by atoms with Gasteiger partial charge in [-0.05, 0) is 63.0 Å². The molecule has 2 aromatic rings. The van der Waals surface area contributed by atoms with Crippen molar-refractivity contribution in [3.05, 3.63) is 46.5 Å². The summed E-state index contributed by atoms with van der Waals surface area (Å²) in [5, 5.41) is 47.2. The quantitative estimate of drug-likeness (QED) is 0.207. The van der Waals surface area contributed by atoms with Gasteiger partial charge in [-0.25, -0.2) is 0 Å². The fourth-order valence-electron chi connectivity index (χ4n) is 6.45. The van der Waals surface area contributed by atoms with Crippen LogP contribution in [-0.2, 0) is 0 Å². The number of piperidine rings is 2. The van der Waals surface area contributed by atoms with Crippen LogP contribution >= 0.6 is 0 Å². The molecule has 0 aromatic heterocycles. The number of aliphatic hydroxyl groups excluding tert-OH is 2. The highest BCUT2D eigenvalue weighted by atomic mass is 16.3. The number of phenols is 2. The van der Waals surface area contributed by atoms with Gasteiger partial charge in [0.2, 0.25) is 11.6 Å². The third-order valence-corrected chi connectivity index (χ3v) is 8.62. The van der Waals surface area contributed by atoms with Crippen molar-refractivity contribution in [2.75, 3.05) is 63.1 Å². The maximum Gasteiger partial charge on any atom is 0.200 e. The summed E-state index contributed by atoms with van der Waals surface area (Å²) in [6.45, 7) is 4.39. The summed E-state index contributed by atoms with van der Waals surface area (Å²) in [7, 11) is 0. The molecular formula is C30H40N4O6. The predicted octanol–water partition coefficient (Wildman–Crippen LogP) is 2.39. The summed E-state index contributed by atoms with van der Waals surface area (Å²) in [5.41, 5.74) is 0.947. The van der Waals surface area contributed by atoms with E-state index in [0.717, 1.165) is 51.6 Å². The van der Waals surface area contributed by atoms with Crippen LogP contribution in [0.1, 0.15) is 70.4 Å². The van der Waals surface area contributed by atoms with Crippen LogP contribution in [0, 0.1) is 0 Å². The smallest absolute Gasteiger partial charge is 0.200 e. The Morgan fingerprint density at radius 3 is 1.48 bits per heavy atom. The lowest BCUT2D eigenvalue weighted by molar-refractivity contribution is 0.0938. The average Bonchev–Trinajstić information content (AvgIpc) is 2.97. The fourth-order valence-corrected chi connectivity index (χ4v) is 6.45. The number of carbonyl (C=O) groups is 2. The lowest BCUT2D eigenvalue weighted by Crippen LogP contribution is -2.44. The molecule has 0 saturated carbocycles. The maximum absolute atomic E-state index is 13.8. The standard InChI is InChI=1S/C30H40N4O6/c35-17-19-5-1-3-13-33(19)15-11-31-21-7-8-22(32-12-16-34-14-4-2-6-20(34)18-36)26-25(21)29(39)27-23(37)9-10-24(38)28(27)30(26)40/h7-10,19-20,31-32,35-38H,1-6,11-18H2. The third-order valence-electron chi connectivity index (χ3n) is 8.62. The van der Waals surface area contributed by atoms with E-state index in [9.17, 15) is 30.0 Å². The molecule has 6 N–H and O–H groups in total. The molecule has 5 rings (SSSR count). The van der Waals surface area contributed by atoms with Crippen LogP contribution in [0.15, 0.2) is 24.3 Å². The van der Waals surface area contributed by atoms with E-state index in [2.05, 4.69) is 20.4 Å². The molecule has 0 bridgehead atoms. The summed E-state index contributed by atoms with van der Waals surface area (Å²) in [6, 6.07) is 6.23. The number of hydrogen-bond acceptors (Lipinski definition) is 10.